The lowest BCUT2D eigenvalue weighted by Gasteiger charge is -2.41. The van der Waals surface area contributed by atoms with E-state index in [-0.39, 0.29) is 6.61 Å². The maximum absolute atomic E-state index is 9.24. The standard InChI is InChI=1S/C15H29NO/c1-10(9-17)11(2)16-13-8-12-6-7-15(13,5)14(12,3)4/h10-13,16-17H,6-9H2,1-5H3. The molecule has 0 aromatic carbocycles. The largest absolute Gasteiger partial charge is 0.396 e. The summed E-state index contributed by atoms with van der Waals surface area (Å²) in [6.45, 7) is 12.0. The molecule has 2 heteroatoms. The highest BCUT2D eigenvalue weighted by molar-refractivity contribution is 5.13. The molecular formula is C15H29NO. The molecule has 17 heavy (non-hydrogen) atoms. The molecule has 2 aliphatic carbocycles. The van der Waals surface area contributed by atoms with E-state index in [4.69, 9.17) is 0 Å². The number of aliphatic hydroxyl groups excluding tert-OH is 1. The van der Waals surface area contributed by atoms with Crippen molar-refractivity contribution in [1.29, 1.82) is 0 Å². The highest BCUT2D eigenvalue weighted by Crippen LogP contribution is 2.65. The number of rotatable bonds is 4. The van der Waals surface area contributed by atoms with Crippen LogP contribution in [0.5, 0.6) is 0 Å². The summed E-state index contributed by atoms with van der Waals surface area (Å²) in [5.74, 6) is 1.24. The van der Waals surface area contributed by atoms with E-state index >= 15 is 0 Å². The molecule has 2 bridgehead atoms. The first-order valence-electron chi connectivity index (χ1n) is 7.20. The van der Waals surface area contributed by atoms with Crippen LogP contribution >= 0.6 is 0 Å². The van der Waals surface area contributed by atoms with Crippen LogP contribution < -0.4 is 5.32 Å². The predicted octanol–water partition coefficient (Wildman–Crippen LogP) is 2.81. The van der Waals surface area contributed by atoms with Gasteiger partial charge < -0.3 is 10.4 Å². The van der Waals surface area contributed by atoms with E-state index in [1.54, 1.807) is 0 Å². The zero-order valence-corrected chi connectivity index (χ0v) is 12.1. The minimum atomic E-state index is 0.282. The third-order valence-electron chi connectivity index (χ3n) is 6.40. The van der Waals surface area contributed by atoms with Crippen molar-refractivity contribution in [3.05, 3.63) is 0 Å². The summed E-state index contributed by atoms with van der Waals surface area (Å²) in [6.07, 6.45) is 4.10. The van der Waals surface area contributed by atoms with Gasteiger partial charge in [-0.15, -0.1) is 0 Å². The molecule has 2 aliphatic rings. The fourth-order valence-corrected chi connectivity index (χ4v) is 4.10. The summed E-state index contributed by atoms with van der Waals surface area (Å²) >= 11 is 0. The first-order chi connectivity index (χ1) is 7.83. The molecule has 2 saturated carbocycles. The Morgan fingerprint density at radius 2 is 1.94 bits per heavy atom. The van der Waals surface area contributed by atoms with E-state index in [1.165, 1.54) is 19.3 Å². The van der Waals surface area contributed by atoms with Gasteiger partial charge in [0.05, 0.1) is 0 Å². The highest BCUT2D eigenvalue weighted by atomic mass is 16.3. The first-order valence-corrected chi connectivity index (χ1v) is 7.20. The van der Waals surface area contributed by atoms with Crippen molar-refractivity contribution in [3.8, 4) is 0 Å². The number of hydrogen-bond donors (Lipinski definition) is 2. The molecule has 5 unspecified atom stereocenters. The molecule has 100 valence electrons. The first kappa shape index (κ1) is 13.4. The van der Waals surface area contributed by atoms with Gasteiger partial charge >= 0.3 is 0 Å². The summed E-state index contributed by atoms with van der Waals surface area (Å²) in [4.78, 5) is 0. The second-order valence-corrected chi connectivity index (χ2v) is 7.28. The molecule has 0 heterocycles. The second-order valence-electron chi connectivity index (χ2n) is 7.28. The van der Waals surface area contributed by atoms with E-state index in [2.05, 4.69) is 39.9 Å². The van der Waals surface area contributed by atoms with Crippen LogP contribution in [-0.2, 0) is 0 Å². The van der Waals surface area contributed by atoms with E-state index in [9.17, 15) is 5.11 Å². The van der Waals surface area contributed by atoms with Crippen LogP contribution in [0.3, 0.4) is 0 Å². The van der Waals surface area contributed by atoms with Crippen LogP contribution in [0.4, 0.5) is 0 Å². The summed E-state index contributed by atoms with van der Waals surface area (Å²) in [5, 5.41) is 13.0. The quantitative estimate of drug-likeness (QED) is 0.790. The molecule has 0 amide bonds. The Morgan fingerprint density at radius 1 is 1.29 bits per heavy atom. The van der Waals surface area contributed by atoms with Crippen molar-refractivity contribution >= 4 is 0 Å². The SMILES string of the molecule is CC(CO)C(C)NC1CC2CCC1(C)C2(C)C. The lowest BCUT2D eigenvalue weighted by atomic mass is 9.69. The Balaban J connectivity index is 2.06. The van der Waals surface area contributed by atoms with Gasteiger partial charge in [0.2, 0.25) is 0 Å². The van der Waals surface area contributed by atoms with Gasteiger partial charge in [-0.2, -0.15) is 0 Å². The Hall–Kier alpha value is -0.0800. The minimum absolute atomic E-state index is 0.282. The monoisotopic (exact) mass is 239 g/mol. The fourth-order valence-electron chi connectivity index (χ4n) is 4.10. The molecule has 0 saturated heterocycles. The summed E-state index contributed by atoms with van der Waals surface area (Å²) in [6, 6.07) is 1.05. The van der Waals surface area contributed by atoms with Crippen molar-refractivity contribution in [1.82, 2.24) is 5.32 Å². The van der Waals surface area contributed by atoms with Crippen LogP contribution in [0.15, 0.2) is 0 Å². The topological polar surface area (TPSA) is 32.3 Å². The predicted molar refractivity (Wildman–Crippen MR) is 71.9 cm³/mol. The van der Waals surface area contributed by atoms with E-state index in [0.717, 1.165) is 5.92 Å². The molecule has 0 aliphatic heterocycles. The van der Waals surface area contributed by atoms with E-state index in [1.807, 2.05) is 0 Å². The average molecular weight is 239 g/mol. The van der Waals surface area contributed by atoms with Crippen LogP contribution in [0, 0.1) is 22.7 Å². The lowest BCUT2D eigenvalue weighted by Crippen LogP contribution is -2.49. The second kappa shape index (κ2) is 4.24. The normalized spacial score (nSPS) is 42.7. The third kappa shape index (κ3) is 1.84. The Morgan fingerprint density at radius 3 is 2.35 bits per heavy atom. The van der Waals surface area contributed by atoms with Gasteiger partial charge in [0.15, 0.2) is 0 Å². The van der Waals surface area contributed by atoms with Gasteiger partial charge in [-0.05, 0) is 48.9 Å². The van der Waals surface area contributed by atoms with Crippen LogP contribution in [0.1, 0.15) is 53.9 Å². The van der Waals surface area contributed by atoms with Crippen LogP contribution in [0.2, 0.25) is 0 Å². The molecule has 2 rings (SSSR count). The number of hydrogen-bond acceptors (Lipinski definition) is 2. The molecule has 2 fully saturated rings. The van der Waals surface area contributed by atoms with E-state index < -0.39 is 0 Å². The molecule has 2 nitrogen and oxygen atoms in total. The molecule has 0 aromatic heterocycles. The van der Waals surface area contributed by atoms with Gasteiger partial charge in [0.25, 0.3) is 0 Å². The van der Waals surface area contributed by atoms with E-state index in [0.29, 0.717) is 28.8 Å². The molecule has 0 spiro atoms. The number of fused-ring (bicyclic) bond motifs is 2. The number of aliphatic hydroxyl groups is 1. The Labute approximate surface area is 106 Å². The van der Waals surface area contributed by atoms with Gasteiger partial charge in [-0.3, -0.25) is 0 Å². The summed E-state index contributed by atoms with van der Waals surface area (Å²) < 4.78 is 0. The van der Waals surface area contributed by atoms with Crippen molar-refractivity contribution < 1.29 is 5.11 Å². The van der Waals surface area contributed by atoms with Crippen LogP contribution in [-0.4, -0.2) is 23.8 Å². The molecule has 0 radical (unpaired) electrons. The third-order valence-corrected chi connectivity index (χ3v) is 6.40. The van der Waals surface area contributed by atoms with Crippen LogP contribution in [0.25, 0.3) is 0 Å². The van der Waals surface area contributed by atoms with Gasteiger partial charge in [-0.1, -0.05) is 27.7 Å². The Bertz CT molecular complexity index is 289. The lowest BCUT2D eigenvalue weighted by molar-refractivity contribution is 0.106. The Kier molecular flexibility index (Phi) is 3.33. The van der Waals surface area contributed by atoms with Gasteiger partial charge in [-0.25, -0.2) is 0 Å². The average Bonchev–Trinajstić information content (AvgIpc) is 2.60. The zero-order chi connectivity index (χ0) is 12.8. The fraction of sp³-hybridized carbons (Fsp3) is 1.00. The minimum Gasteiger partial charge on any atom is -0.396 e. The van der Waals surface area contributed by atoms with Crippen molar-refractivity contribution in [2.45, 2.75) is 66.0 Å². The zero-order valence-electron chi connectivity index (χ0n) is 12.1. The molecule has 2 N–H and O–H groups in total. The van der Waals surface area contributed by atoms with Gasteiger partial charge in [0.1, 0.15) is 0 Å². The van der Waals surface area contributed by atoms with Crippen molar-refractivity contribution in [3.63, 3.8) is 0 Å². The maximum Gasteiger partial charge on any atom is 0.0471 e. The summed E-state index contributed by atoms with van der Waals surface area (Å²) in [7, 11) is 0. The molecule has 5 atom stereocenters. The summed E-state index contributed by atoms with van der Waals surface area (Å²) in [5.41, 5.74) is 0.925. The van der Waals surface area contributed by atoms with Crippen molar-refractivity contribution in [2.24, 2.45) is 22.7 Å². The smallest absolute Gasteiger partial charge is 0.0471 e. The molecular weight excluding hydrogens is 210 g/mol. The van der Waals surface area contributed by atoms with Gasteiger partial charge in [0, 0.05) is 18.7 Å². The number of nitrogens with one attached hydrogen (secondary N) is 1. The maximum atomic E-state index is 9.24. The highest BCUT2D eigenvalue weighted by Gasteiger charge is 2.61. The van der Waals surface area contributed by atoms with Crippen molar-refractivity contribution in [2.75, 3.05) is 6.61 Å². The molecule has 0 aromatic rings.